The second kappa shape index (κ2) is 4.96. The fourth-order valence-electron chi connectivity index (χ4n) is 3.65. The molecule has 2 heterocycles. The van der Waals surface area contributed by atoms with Crippen LogP contribution < -0.4 is 0 Å². The summed E-state index contributed by atoms with van der Waals surface area (Å²) in [6.07, 6.45) is 0. The van der Waals surface area contributed by atoms with Crippen LogP contribution in [0.3, 0.4) is 0 Å². The molecule has 1 aliphatic rings. The molecule has 0 spiro atoms. The van der Waals surface area contributed by atoms with Gasteiger partial charge in [-0.1, -0.05) is 54.6 Å². The van der Waals surface area contributed by atoms with Crippen molar-refractivity contribution < 1.29 is 4.79 Å². The first kappa shape index (κ1) is 13.4. The van der Waals surface area contributed by atoms with E-state index in [4.69, 9.17) is 0 Å². The van der Waals surface area contributed by atoms with E-state index in [1.54, 1.807) is 0 Å². The zero-order chi connectivity index (χ0) is 16.1. The molecule has 0 fully saturated rings. The van der Waals surface area contributed by atoms with Crippen molar-refractivity contribution in [1.29, 1.82) is 0 Å². The highest BCUT2D eigenvalue weighted by molar-refractivity contribution is 6.09. The Kier molecular flexibility index (Phi) is 2.77. The van der Waals surface area contributed by atoms with E-state index in [1.165, 1.54) is 21.9 Å². The van der Waals surface area contributed by atoms with Crippen LogP contribution in [0.2, 0.25) is 0 Å². The van der Waals surface area contributed by atoms with Crippen LogP contribution >= 0.6 is 0 Å². The molecule has 1 N–H and O–H groups in total. The smallest absolute Gasteiger partial charge is 0.270 e. The Hall–Kier alpha value is -3.07. The number of nitrogens with one attached hydrogen (secondary N) is 1. The van der Waals surface area contributed by atoms with E-state index in [-0.39, 0.29) is 5.91 Å². The van der Waals surface area contributed by atoms with Crippen LogP contribution in [-0.2, 0) is 13.1 Å². The monoisotopic (exact) mass is 312 g/mol. The molecule has 0 atom stereocenters. The molecule has 0 saturated heterocycles. The Morgan fingerprint density at radius 3 is 2.33 bits per heavy atom. The number of aromatic amines is 1. The molecule has 0 radical (unpaired) electrons. The van der Waals surface area contributed by atoms with Crippen LogP contribution in [0, 0.1) is 0 Å². The van der Waals surface area contributed by atoms with E-state index >= 15 is 0 Å². The maximum Gasteiger partial charge on any atom is 0.270 e. The number of hydrogen-bond acceptors (Lipinski definition) is 1. The molecule has 0 bridgehead atoms. The van der Waals surface area contributed by atoms with Crippen LogP contribution in [0.1, 0.15) is 21.6 Å². The van der Waals surface area contributed by atoms with Crippen molar-refractivity contribution in [2.45, 2.75) is 13.1 Å². The number of amides is 1. The molecule has 1 aromatic heterocycles. The third-order valence-electron chi connectivity index (χ3n) is 4.89. The number of fused-ring (bicyclic) bond motifs is 4. The molecule has 1 amide bonds. The highest BCUT2D eigenvalue weighted by Crippen LogP contribution is 2.28. The number of carbonyl (C=O) groups is 1. The highest BCUT2D eigenvalue weighted by Gasteiger charge is 2.25. The molecule has 116 valence electrons. The van der Waals surface area contributed by atoms with Crippen molar-refractivity contribution in [3.63, 3.8) is 0 Å². The number of benzene rings is 3. The van der Waals surface area contributed by atoms with Gasteiger partial charge in [0.2, 0.25) is 0 Å². The maximum absolute atomic E-state index is 12.9. The Morgan fingerprint density at radius 2 is 1.54 bits per heavy atom. The van der Waals surface area contributed by atoms with E-state index in [1.807, 2.05) is 41.3 Å². The van der Waals surface area contributed by atoms with Gasteiger partial charge in [-0.05, 0) is 34.0 Å². The first-order valence-electron chi connectivity index (χ1n) is 8.16. The predicted octanol–water partition coefficient (Wildman–Crippen LogP) is 4.48. The Balaban J connectivity index is 1.55. The molecule has 3 nitrogen and oxygen atoms in total. The summed E-state index contributed by atoms with van der Waals surface area (Å²) in [6.45, 7) is 1.37. The minimum absolute atomic E-state index is 0.0616. The largest absolute Gasteiger partial charge is 0.351 e. The summed E-state index contributed by atoms with van der Waals surface area (Å²) >= 11 is 0. The number of rotatable bonds is 1. The summed E-state index contributed by atoms with van der Waals surface area (Å²) in [6, 6.07) is 22.7. The first-order chi connectivity index (χ1) is 11.8. The van der Waals surface area contributed by atoms with Gasteiger partial charge in [-0.3, -0.25) is 4.79 Å². The molecule has 5 rings (SSSR count). The lowest BCUT2D eigenvalue weighted by atomic mass is 10.1. The van der Waals surface area contributed by atoms with Crippen LogP contribution in [0.4, 0.5) is 0 Å². The zero-order valence-corrected chi connectivity index (χ0v) is 13.1. The van der Waals surface area contributed by atoms with E-state index in [9.17, 15) is 4.79 Å². The number of hydrogen-bond donors (Lipinski definition) is 1. The van der Waals surface area contributed by atoms with Crippen molar-refractivity contribution in [2.24, 2.45) is 0 Å². The average Bonchev–Trinajstić information content (AvgIpc) is 3.25. The minimum atomic E-state index is 0.0616. The average molecular weight is 312 g/mol. The zero-order valence-electron chi connectivity index (χ0n) is 13.1. The van der Waals surface area contributed by atoms with E-state index in [0.29, 0.717) is 18.8 Å². The van der Waals surface area contributed by atoms with Crippen molar-refractivity contribution in [3.8, 4) is 0 Å². The van der Waals surface area contributed by atoms with Gasteiger partial charge in [0.05, 0.1) is 0 Å². The quantitative estimate of drug-likeness (QED) is 0.553. The molecule has 0 unspecified atom stereocenters. The van der Waals surface area contributed by atoms with Crippen molar-refractivity contribution >= 4 is 27.6 Å². The second-order valence-electron chi connectivity index (χ2n) is 6.36. The standard InChI is InChI=1S/C21H16N2O/c24-21(23-12-15-6-1-2-7-16(15)13-23)20-11-18-17-8-4-3-5-14(17)9-10-19(18)22-20/h1-11,22H,12-13H2. The van der Waals surface area contributed by atoms with Crippen LogP contribution in [0.25, 0.3) is 21.7 Å². The lowest BCUT2D eigenvalue weighted by Gasteiger charge is -2.13. The Morgan fingerprint density at radius 1 is 0.833 bits per heavy atom. The maximum atomic E-state index is 12.9. The minimum Gasteiger partial charge on any atom is -0.351 e. The molecular weight excluding hydrogens is 296 g/mol. The Labute approximate surface area is 139 Å². The van der Waals surface area contributed by atoms with Gasteiger partial charge in [-0.15, -0.1) is 0 Å². The third kappa shape index (κ3) is 1.95. The van der Waals surface area contributed by atoms with Gasteiger partial charge in [-0.25, -0.2) is 0 Å². The molecule has 1 aliphatic heterocycles. The topological polar surface area (TPSA) is 36.1 Å². The Bertz CT molecular complexity index is 1070. The van der Waals surface area contributed by atoms with Gasteiger partial charge >= 0.3 is 0 Å². The van der Waals surface area contributed by atoms with Crippen LogP contribution in [-0.4, -0.2) is 15.8 Å². The normalized spacial score (nSPS) is 13.6. The molecule has 3 heteroatoms. The van der Waals surface area contributed by atoms with Crippen LogP contribution in [0.15, 0.2) is 66.7 Å². The van der Waals surface area contributed by atoms with Gasteiger partial charge in [0.25, 0.3) is 5.91 Å². The summed E-state index contributed by atoms with van der Waals surface area (Å²) in [7, 11) is 0. The van der Waals surface area contributed by atoms with Gasteiger partial charge in [-0.2, -0.15) is 0 Å². The predicted molar refractivity (Wildman–Crippen MR) is 95.8 cm³/mol. The van der Waals surface area contributed by atoms with Crippen molar-refractivity contribution in [2.75, 3.05) is 0 Å². The molecule has 0 saturated carbocycles. The molecular formula is C21H16N2O. The fourth-order valence-corrected chi connectivity index (χ4v) is 3.65. The van der Waals surface area contributed by atoms with Crippen molar-refractivity contribution in [1.82, 2.24) is 9.88 Å². The summed E-state index contributed by atoms with van der Waals surface area (Å²) in [5.41, 5.74) is 4.16. The SMILES string of the molecule is O=C(c1cc2c(ccc3ccccc32)[nH]1)N1Cc2ccccc2C1. The molecule has 0 aliphatic carbocycles. The lowest BCUT2D eigenvalue weighted by molar-refractivity contribution is 0.0746. The van der Waals surface area contributed by atoms with E-state index in [0.717, 1.165) is 10.9 Å². The van der Waals surface area contributed by atoms with E-state index < -0.39 is 0 Å². The summed E-state index contributed by atoms with van der Waals surface area (Å²) in [5.74, 6) is 0.0616. The summed E-state index contributed by atoms with van der Waals surface area (Å²) in [5, 5.41) is 3.47. The molecule has 3 aromatic carbocycles. The van der Waals surface area contributed by atoms with Gasteiger partial charge in [0.15, 0.2) is 0 Å². The number of nitrogens with zero attached hydrogens (tertiary/aromatic N) is 1. The highest BCUT2D eigenvalue weighted by atomic mass is 16.2. The molecule has 24 heavy (non-hydrogen) atoms. The summed E-state index contributed by atoms with van der Waals surface area (Å²) < 4.78 is 0. The van der Waals surface area contributed by atoms with Gasteiger partial charge in [0, 0.05) is 24.0 Å². The third-order valence-corrected chi connectivity index (χ3v) is 4.89. The number of aromatic nitrogens is 1. The first-order valence-corrected chi connectivity index (χ1v) is 8.16. The van der Waals surface area contributed by atoms with Gasteiger partial charge in [0.1, 0.15) is 5.69 Å². The van der Waals surface area contributed by atoms with E-state index in [2.05, 4.69) is 35.3 Å². The van der Waals surface area contributed by atoms with Gasteiger partial charge < -0.3 is 9.88 Å². The lowest BCUT2D eigenvalue weighted by Crippen LogP contribution is -2.25. The number of carbonyl (C=O) groups excluding carboxylic acids is 1. The summed E-state index contributed by atoms with van der Waals surface area (Å²) in [4.78, 5) is 18.1. The van der Waals surface area contributed by atoms with Crippen molar-refractivity contribution in [3.05, 3.63) is 83.6 Å². The molecule has 4 aromatic rings. The fraction of sp³-hybridized carbons (Fsp3) is 0.0952. The van der Waals surface area contributed by atoms with Crippen LogP contribution in [0.5, 0.6) is 0 Å². The second-order valence-corrected chi connectivity index (χ2v) is 6.36. The number of H-pyrrole nitrogens is 1.